The number of rotatable bonds is 6. The van der Waals surface area contributed by atoms with Crippen molar-refractivity contribution in [1.29, 1.82) is 0 Å². The quantitative estimate of drug-likeness (QED) is 0.403. The lowest BCUT2D eigenvalue weighted by Crippen LogP contribution is -2.03. The Kier molecular flexibility index (Phi) is 5.01. The summed E-state index contributed by atoms with van der Waals surface area (Å²) in [5.74, 6) is 1.41. The van der Waals surface area contributed by atoms with Gasteiger partial charge in [0.25, 0.3) is 0 Å². The van der Waals surface area contributed by atoms with Gasteiger partial charge in [-0.25, -0.2) is 19.9 Å². The summed E-state index contributed by atoms with van der Waals surface area (Å²) in [6.45, 7) is 0. The molecule has 0 radical (unpaired) electrons. The number of pyridine rings is 1. The summed E-state index contributed by atoms with van der Waals surface area (Å²) in [4.78, 5) is 33.0. The van der Waals surface area contributed by atoms with Crippen LogP contribution in [0, 0.1) is 0 Å². The van der Waals surface area contributed by atoms with Gasteiger partial charge in [0, 0.05) is 35.8 Å². The minimum absolute atomic E-state index is 0.197. The fourth-order valence-electron chi connectivity index (χ4n) is 3.25. The van der Waals surface area contributed by atoms with Gasteiger partial charge in [-0.15, -0.1) is 0 Å². The number of ether oxygens (including phenoxy) is 2. The summed E-state index contributed by atoms with van der Waals surface area (Å²) in [6.07, 6.45) is 4.77. The van der Waals surface area contributed by atoms with Crippen LogP contribution in [0.25, 0.3) is 22.3 Å². The number of nitrogens with zero attached hydrogens (tertiary/aromatic N) is 4. The zero-order valence-electron chi connectivity index (χ0n) is 17.0. The molecule has 0 amide bonds. The number of benzene rings is 2. The number of hydrogen-bond acceptors (Lipinski definition) is 7. The molecule has 0 fully saturated rings. The average molecular weight is 423 g/mol. The first-order valence-corrected chi connectivity index (χ1v) is 9.80. The summed E-state index contributed by atoms with van der Waals surface area (Å²) in [6, 6.07) is 17.9. The van der Waals surface area contributed by atoms with Crippen molar-refractivity contribution in [3.8, 4) is 28.8 Å². The number of ketones is 1. The highest BCUT2D eigenvalue weighted by molar-refractivity contribution is 6.08. The first kappa shape index (κ1) is 19.4. The highest BCUT2D eigenvalue weighted by Crippen LogP contribution is 2.30. The fourth-order valence-corrected chi connectivity index (χ4v) is 3.25. The van der Waals surface area contributed by atoms with Crippen LogP contribution in [0.4, 0.5) is 0 Å². The van der Waals surface area contributed by atoms with E-state index in [1.165, 1.54) is 0 Å². The number of methoxy groups -OCH3 is 1. The lowest BCUT2D eigenvalue weighted by molar-refractivity contribution is 0.103. The number of hydrogen-bond donors (Lipinski definition) is 1. The standard InChI is InChI=1S/C24H17N5O3/c1-31-20-14-16(10-11-25-20)21-24(27-13-12-26-21)32-17-8-6-15(7-9-17)22(30)23-28-18-4-2-3-5-19(18)29-23/h2-14H,1H3,(H,28,29). The second-order valence-corrected chi connectivity index (χ2v) is 6.86. The van der Waals surface area contributed by atoms with Crippen molar-refractivity contribution in [3.63, 3.8) is 0 Å². The van der Waals surface area contributed by atoms with Gasteiger partial charge in [-0.3, -0.25) is 4.79 Å². The van der Waals surface area contributed by atoms with E-state index in [4.69, 9.17) is 9.47 Å². The van der Waals surface area contributed by atoms with E-state index < -0.39 is 0 Å². The predicted molar refractivity (Wildman–Crippen MR) is 118 cm³/mol. The largest absolute Gasteiger partial charge is 0.481 e. The van der Waals surface area contributed by atoms with Crippen molar-refractivity contribution in [2.24, 2.45) is 0 Å². The van der Waals surface area contributed by atoms with Gasteiger partial charge in [-0.2, -0.15) is 0 Å². The molecule has 5 rings (SSSR count). The minimum atomic E-state index is -0.197. The van der Waals surface area contributed by atoms with Gasteiger partial charge >= 0.3 is 0 Å². The Balaban J connectivity index is 1.39. The predicted octanol–water partition coefficient (Wildman–Crippen LogP) is 4.45. The Hall–Kier alpha value is -4.59. The molecule has 8 heteroatoms. The highest BCUT2D eigenvalue weighted by Gasteiger charge is 2.15. The second-order valence-electron chi connectivity index (χ2n) is 6.86. The Morgan fingerprint density at radius 2 is 1.72 bits per heavy atom. The topological polar surface area (TPSA) is 103 Å². The van der Waals surface area contributed by atoms with Crippen LogP contribution in [-0.2, 0) is 0 Å². The molecule has 0 saturated heterocycles. The molecule has 0 aliphatic carbocycles. The first-order valence-electron chi connectivity index (χ1n) is 9.80. The minimum Gasteiger partial charge on any atom is -0.481 e. The second kappa shape index (κ2) is 8.27. The van der Waals surface area contributed by atoms with E-state index in [-0.39, 0.29) is 5.78 Å². The summed E-state index contributed by atoms with van der Waals surface area (Å²) >= 11 is 0. The fraction of sp³-hybridized carbons (Fsp3) is 0.0417. The lowest BCUT2D eigenvalue weighted by Gasteiger charge is -2.10. The number of imidazole rings is 1. The molecule has 0 aliphatic rings. The molecule has 0 atom stereocenters. The SMILES string of the molecule is COc1cc(-c2nccnc2Oc2ccc(C(=O)c3nc4ccccc4[nH]3)cc2)ccn1. The third kappa shape index (κ3) is 3.77. The monoisotopic (exact) mass is 423 g/mol. The Morgan fingerprint density at radius 1 is 0.906 bits per heavy atom. The van der Waals surface area contributed by atoms with E-state index in [2.05, 4.69) is 24.9 Å². The molecular formula is C24H17N5O3. The average Bonchev–Trinajstić information content (AvgIpc) is 3.29. The van der Waals surface area contributed by atoms with Crippen molar-refractivity contribution in [1.82, 2.24) is 24.9 Å². The molecule has 0 aliphatic heterocycles. The van der Waals surface area contributed by atoms with Crippen molar-refractivity contribution in [2.75, 3.05) is 7.11 Å². The van der Waals surface area contributed by atoms with Gasteiger partial charge < -0.3 is 14.5 Å². The molecule has 2 aromatic carbocycles. The van der Waals surface area contributed by atoms with E-state index in [0.717, 1.165) is 16.6 Å². The number of aromatic amines is 1. The van der Waals surface area contributed by atoms with Gasteiger partial charge in [0.05, 0.1) is 18.1 Å². The van der Waals surface area contributed by atoms with E-state index in [9.17, 15) is 4.79 Å². The first-order chi connectivity index (χ1) is 15.7. The zero-order chi connectivity index (χ0) is 21.9. The molecule has 0 unspecified atom stereocenters. The van der Waals surface area contributed by atoms with Crippen LogP contribution < -0.4 is 9.47 Å². The molecule has 156 valence electrons. The Morgan fingerprint density at radius 3 is 2.53 bits per heavy atom. The van der Waals surface area contributed by atoms with Crippen molar-refractivity contribution in [3.05, 3.63) is 90.6 Å². The van der Waals surface area contributed by atoms with Crippen LogP contribution in [0.3, 0.4) is 0 Å². The normalized spacial score (nSPS) is 10.8. The third-order valence-corrected chi connectivity index (χ3v) is 4.82. The maximum atomic E-state index is 12.8. The Labute approximate surface area is 182 Å². The summed E-state index contributed by atoms with van der Waals surface area (Å²) in [7, 11) is 1.55. The number of fused-ring (bicyclic) bond motifs is 1. The number of nitrogens with one attached hydrogen (secondary N) is 1. The van der Waals surface area contributed by atoms with Crippen molar-refractivity contribution >= 4 is 16.8 Å². The van der Waals surface area contributed by atoms with Gasteiger partial charge in [0.2, 0.25) is 17.5 Å². The molecular weight excluding hydrogens is 406 g/mol. The molecule has 0 saturated carbocycles. The molecule has 8 nitrogen and oxygen atoms in total. The third-order valence-electron chi connectivity index (χ3n) is 4.82. The molecule has 3 aromatic heterocycles. The maximum Gasteiger partial charge on any atom is 0.246 e. The lowest BCUT2D eigenvalue weighted by atomic mass is 10.1. The molecule has 32 heavy (non-hydrogen) atoms. The van der Waals surface area contributed by atoms with Crippen LogP contribution in [0.1, 0.15) is 16.2 Å². The molecule has 0 bridgehead atoms. The summed E-state index contributed by atoms with van der Waals surface area (Å²) in [5.41, 5.74) is 3.37. The number of carbonyl (C=O) groups excluding carboxylic acids is 1. The summed E-state index contributed by atoms with van der Waals surface area (Å²) < 4.78 is 11.1. The van der Waals surface area contributed by atoms with Crippen molar-refractivity contribution < 1.29 is 14.3 Å². The molecule has 1 N–H and O–H groups in total. The van der Waals surface area contributed by atoms with Crippen LogP contribution in [-0.4, -0.2) is 37.8 Å². The number of aromatic nitrogens is 5. The number of carbonyl (C=O) groups is 1. The van der Waals surface area contributed by atoms with E-state index in [1.54, 1.807) is 62.1 Å². The van der Waals surface area contributed by atoms with E-state index in [1.807, 2.05) is 24.3 Å². The molecule has 5 aromatic rings. The summed E-state index contributed by atoms with van der Waals surface area (Å²) in [5, 5.41) is 0. The van der Waals surface area contributed by atoms with Crippen molar-refractivity contribution in [2.45, 2.75) is 0 Å². The molecule has 0 spiro atoms. The van der Waals surface area contributed by atoms with Gasteiger partial charge in [-0.05, 0) is 42.5 Å². The zero-order valence-corrected chi connectivity index (χ0v) is 17.0. The van der Waals surface area contributed by atoms with Gasteiger partial charge in [-0.1, -0.05) is 12.1 Å². The van der Waals surface area contributed by atoms with Crippen LogP contribution >= 0.6 is 0 Å². The molecule has 3 heterocycles. The van der Waals surface area contributed by atoms with Crippen LogP contribution in [0.2, 0.25) is 0 Å². The smallest absolute Gasteiger partial charge is 0.246 e. The van der Waals surface area contributed by atoms with Gasteiger partial charge in [0.1, 0.15) is 11.4 Å². The van der Waals surface area contributed by atoms with E-state index in [0.29, 0.717) is 34.6 Å². The maximum absolute atomic E-state index is 12.8. The number of H-pyrrole nitrogens is 1. The van der Waals surface area contributed by atoms with Gasteiger partial charge in [0.15, 0.2) is 5.82 Å². The van der Waals surface area contributed by atoms with Crippen LogP contribution in [0.15, 0.2) is 79.3 Å². The Bertz CT molecular complexity index is 1380. The van der Waals surface area contributed by atoms with E-state index >= 15 is 0 Å². The van der Waals surface area contributed by atoms with Crippen LogP contribution in [0.5, 0.6) is 17.5 Å². The highest BCUT2D eigenvalue weighted by atomic mass is 16.5. The number of para-hydroxylation sites is 2.